The summed E-state index contributed by atoms with van der Waals surface area (Å²) < 4.78 is 5.62. The highest BCUT2D eigenvalue weighted by molar-refractivity contribution is 6.07. The molecule has 2 aromatic heterocycles. The number of para-hydroxylation sites is 3. The van der Waals surface area contributed by atoms with E-state index >= 15 is 0 Å². The number of aromatic nitrogens is 2. The van der Waals surface area contributed by atoms with Crippen LogP contribution in [0, 0.1) is 0 Å². The number of hydrogen-bond acceptors (Lipinski definition) is 5. The molecule has 6 heteroatoms. The minimum atomic E-state index is -0.288. The van der Waals surface area contributed by atoms with Crippen molar-refractivity contribution in [1.29, 1.82) is 0 Å². The van der Waals surface area contributed by atoms with Gasteiger partial charge in [-0.05, 0) is 43.3 Å². The van der Waals surface area contributed by atoms with Gasteiger partial charge in [-0.1, -0.05) is 30.3 Å². The molecule has 6 nitrogen and oxygen atoms in total. The number of carbonyl (C=O) groups is 1. The number of nitrogens with zero attached hydrogens (tertiary/aromatic N) is 2. The molecule has 0 saturated heterocycles. The molecule has 0 unspecified atom stereocenters. The Bertz CT molecular complexity index is 1140. The number of anilines is 3. The second kappa shape index (κ2) is 8.39. The fourth-order valence-corrected chi connectivity index (χ4v) is 3.00. The van der Waals surface area contributed by atoms with Crippen LogP contribution in [0.15, 0.2) is 79.1 Å². The van der Waals surface area contributed by atoms with Crippen molar-refractivity contribution in [3.63, 3.8) is 0 Å². The average molecular weight is 384 g/mol. The minimum absolute atomic E-state index is 0.288. The molecule has 4 rings (SSSR count). The van der Waals surface area contributed by atoms with E-state index in [0.29, 0.717) is 18.0 Å². The SMILES string of the molecule is CCOc1ccccc1Nc1ccc(C(=O)Nc2cccc3cccnc23)nc1. The molecule has 2 N–H and O–H groups in total. The van der Waals surface area contributed by atoms with Crippen LogP contribution in [0.4, 0.5) is 17.1 Å². The van der Waals surface area contributed by atoms with Crippen molar-refractivity contribution in [2.24, 2.45) is 0 Å². The van der Waals surface area contributed by atoms with Crippen LogP contribution in [0.5, 0.6) is 5.75 Å². The Morgan fingerprint density at radius 3 is 2.59 bits per heavy atom. The second-order valence-electron chi connectivity index (χ2n) is 6.32. The second-order valence-corrected chi connectivity index (χ2v) is 6.32. The third kappa shape index (κ3) is 4.16. The number of nitrogens with one attached hydrogen (secondary N) is 2. The quantitative estimate of drug-likeness (QED) is 0.488. The molecule has 0 aliphatic heterocycles. The van der Waals surface area contributed by atoms with E-state index in [-0.39, 0.29) is 5.91 Å². The third-order valence-electron chi connectivity index (χ3n) is 4.34. The molecule has 29 heavy (non-hydrogen) atoms. The van der Waals surface area contributed by atoms with Crippen LogP contribution < -0.4 is 15.4 Å². The number of ether oxygens (including phenoxy) is 1. The number of pyridine rings is 2. The maximum absolute atomic E-state index is 12.6. The molecule has 0 bridgehead atoms. The molecule has 144 valence electrons. The lowest BCUT2D eigenvalue weighted by Gasteiger charge is -2.12. The van der Waals surface area contributed by atoms with Crippen molar-refractivity contribution in [2.45, 2.75) is 6.92 Å². The van der Waals surface area contributed by atoms with Crippen LogP contribution in [-0.4, -0.2) is 22.5 Å². The zero-order chi connectivity index (χ0) is 20.1. The first-order valence-electron chi connectivity index (χ1n) is 9.34. The van der Waals surface area contributed by atoms with Gasteiger partial charge in [0.1, 0.15) is 11.4 Å². The Morgan fingerprint density at radius 2 is 1.76 bits per heavy atom. The molecule has 0 aliphatic rings. The van der Waals surface area contributed by atoms with Gasteiger partial charge in [0, 0.05) is 11.6 Å². The molecule has 0 atom stereocenters. The molecule has 4 aromatic rings. The number of carbonyl (C=O) groups excluding carboxylic acids is 1. The Kier molecular flexibility index (Phi) is 5.33. The predicted molar refractivity (Wildman–Crippen MR) is 115 cm³/mol. The minimum Gasteiger partial charge on any atom is -0.492 e. The lowest BCUT2D eigenvalue weighted by atomic mass is 10.2. The fourth-order valence-electron chi connectivity index (χ4n) is 3.00. The van der Waals surface area contributed by atoms with Gasteiger partial charge in [-0.3, -0.25) is 9.78 Å². The molecule has 0 saturated carbocycles. The zero-order valence-corrected chi connectivity index (χ0v) is 15.9. The van der Waals surface area contributed by atoms with Crippen LogP contribution in [0.3, 0.4) is 0 Å². The zero-order valence-electron chi connectivity index (χ0n) is 15.9. The third-order valence-corrected chi connectivity index (χ3v) is 4.34. The summed E-state index contributed by atoms with van der Waals surface area (Å²) in [5.74, 6) is 0.477. The van der Waals surface area contributed by atoms with E-state index in [2.05, 4.69) is 20.6 Å². The Labute approximate surface area is 168 Å². The largest absolute Gasteiger partial charge is 0.492 e. The lowest BCUT2D eigenvalue weighted by Crippen LogP contribution is -2.14. The van der Waals surface area contributed by atoms with Crippen molar-refractivity contribution in [2.75, 3.05) is 17.2 Å². The number of hydrogen-bond donors (Lipinski definition) is 2. The normalized spacial score (nSPS) is 10.5. The Balaban J connectivity index is 1.50. The van der Waals surface area contributed by atoms with Crippen LogP contribution in [0.25, 0.3) is 10.9 Å². The topological polar surface area (TPSA) is 76.1 Å². The van der Waals surface area contributed by atoms with E-state index in [9.17, 15) is 4.79 Å². The molecule has 0 fully saturated rings. The number of amides is 1. The van der Waals surface area contributed by atoms with E-state index in [1.807, 2.05) is 67.6 Å². The molecular weight excluding hydrogens is 364 g/mol. The summed E-state index contributed by atoms with van der Waals surface area (Å²) in [5.41, 5.74) is 3.33. The van der Waals surface area contributed by atoms with Gasteiger partial charge in [0.2, 0.25) is 0 Å². The van der Waals surface area contributed by atoms with E-state index in [1.54, 1.807) is 18.5 Å². The summed E-state index contributed by atoms with van der Waals surface area (Å²) in [5, 5.41) is 7.12. The maximum atomic E-state index is 12.6. The Hall–Kier alpha value is -3.93. The molecule has 1 amide bonds. The van der Waals surface area contributed by atoms with Gasteiger partial charge in [0.15, 0.2) is 0 Å². The van der Waals surface area contributed by atoms with Gasteiger partial charge < -0.3 is 15.4 Å². The number of rotatable bonds is 6. The molecular formula is C23H20N4O2. The molecule has 0 aliphatic carbocycles. The van der Waals surface area contributed by atoms with Gasteiger partial charge in [0.05, 0.1) is 35.4 Å². The van der Waals surface area contributed by atoms with E-state index < -0.39 is 0 Å². The monoisotopic (exact) mass is 384 g/mol. The van der Waals surface area contributed by atoms with Crippen LogP contribution in [0.1, 0.15) is 17.4 Å². The van der Waals surface area contributed by atoms with E-state index in [1.165, 1.54) is 0 Å². The van der Waals surface area contributed by atoms with Gasteiger partial charge in [-0.15, -0.1) is 0 Å². The van der Waals surface area contributed by atoms with E-state index in [0.717, 1.165) is 28.0 Å². The summed E-state index contributed by atoms with van der Waals surface area (Å²) in [6.45, 7) is 2.52. The van der Waals surface area contributed by atoms with Crippen molar-refractivity contribution in [3.05, 3.63) is 84.8 Å². The highest BCUT2D eigenvalue weighted by atomic mass is 16.5. The highest BCUT2D eigenvalue weighted by Gasteiger charge is 2.11. The van der Waals surface area contributed by atoms with Crippen molar-refractivity contribution in [3.8, 4) is 5.75 Å². The lowest BCUT2D eigenvalue weighted by molar-refractivity contribution is 0.102. The summed E-state index contributed by atoms with van der Waals surface area (Å²) in [6, 6.07) is 20.7. The average Bonchev–Trinajstić information content (AvgIpc) is 2.76. The van der Waals surface area contributed by atoms with Crippen LogP contribution in [0.2, 0.25) is 0 Å². The fraction of sp³-hybridized carbons (Fsp3) is 0.0870. The summed E-state index contributed by atoms with van der Waals surface area (Å²) in [7, 11) is 0. The summed E-state index contributed by atoms with van der Waals surface area (Å²) in [4.78, 5) is 21.3. The first-order chi connectivity index (χ1) is 14.2. The van der Waals surface area contributed by atoms with Crippen molar-refractivity contribution in [1.82, 2.24) is 9.97 Å². The van der Waals surface area contributed by atoms with Crippen LogP contribution in [-0.2, 0) is 0 Å². The highest BCUT2D eigenvalue weighted by Crippen LogP contribution is 2.27. The maximum Gasteiger partial charge on any atom is 0.274 e. The number of benzene rings is 2. The molecule has 2 heterocycles. The smallest absolute Gasteiger partial charge is 0.274 e. The first-order valence-corrected chi connectivity index (χ1v) is 9.34. The predicted octanol–water partition coefficient (Wildman–Crippen LogP) is 5.02. The standard InChI is InChI=1S/C23H20N4O2/c1-2-29-21-11-4-3-9-18(21)26-17-12-13-20(25-15-17)23(28)27-19-10-5-7-16-8-6-14-24-22(16)19/h3-15,26H,2H2,1H3,(H,27,28). The summed E-state index contributed by atoms with van der Waals surface area (Å²) >= 11 is 0. The Morgan fingerprint density at radius 1 is 0.931 bits per heavy atom. The van der Waals surface area contributed by atoms with Gasteiger partial charge in [-0.2, -0.15) is 0 Å². The molecule has 0 radical (unpaired) electrons. The van der Waals surface area contributed by atoms with E-state index in [4.69, 9.17) is 4.74 Å². The number of fused-ring (bicyclic) bond motifs is 1. The van der Waals surface area contributed by atoms with Gasteiger partial charge in [0.25, 0.3) is 5.91 Å². The van der Waals surface area contributed by atoms with Gasteiger partial charge in [-0.25, -0.2) is 4.98 Å². The summed E-state index contributed by atoms with van der Waals surface area (Å²) in [6.07, 6.45) is 3.33. The molecule has 2 aromatic carbocycles. The van der Waals surface area contributed by atoms with Crippen LogP contribution >= 0.6 is 0 Å². The first kappa shape index (κ1) is 18.4. The van der Waals surface area contributed by atoms with Crippen molar-refractivity contribution < 1.29 is 9.53 Å². The molecule has 0 spiro atoms. The van der Waals surface area contributed by atoms with Gasteiger partial charge >= 0.3 is 0 Å². The van der Waals surface area contributed by atoms with Crippen molar-refractivity contribution >= 4 is 33.9 Å².